The van der Waals surface area contributed by atoms with Gasteiger partial charge in [-0.1, -0.05) is 29.3 Å². The van der Waals surface area contributed by atoms with E-state index < -0.39 is 10.0 Å². The Balaban J connectivity index is 1.77. The standard InChI is InChI=1S/C14H16Cl2N2O2S3/c15-13-8-12(14(16)22-13)23(19,20)17-9-10(11-4-3-7-21-11)18-5-1-2-6-18/h3-4,7-8,10,17H,1-2,5-6,9H2. The topological polar surface area (TPSA) is 49.4 Å². The molecule has 0 saturated carbocycles. The van der Waals surface area contributed by atoms with E-state index in [0.29, 0.717) is 10.9 Å². The number of likely N-dealkylation sites (tertiary alicyclic amines) is 1. The van der Waals surface area contributed by atoms with Crippen molar-refractivity contribution in [3.8, 4) is 0 Å². The minimum Gasteiger partial charge on any atom is -0.294 e. The molecule has 2 aromatic heterocycles. The number of thiophene rings is 2. The van der Waals surface area contributed by atoms with Gasteiger partial charge in [-0.2, -0.15) is 0 Å². The van der Waals surface area contributed by atoms with E-state index in [9.17, 15) is 8.42 Å². The molecule has 3 rings (SSSR count). The summed E-state index contributed by atoms with van der Waals surface area (Å²) in [5.41, 5.74) is 0. The number of nitrogens with one attached hydrogen (secondary N) is 1. The summed E-state index contributed by atoms with van der Waals surface area (Å²) in [6.07, 6.45) is 2.31. The van der Waals surface area contributed by atoms with Gasteiger partial charge in [0.05, 0.1) is 10.4 Å². The van der Waals surface area contributed by atoms with Gasteiger partial charge >= 0.3 is 0 Å². The highest BCUT2D eigenvalue weighted by molar-refractivity contribution is 7.89. The van der Waals surface area contributed by atoms with E-state index in [2.05, 4.69) is 15.7 Å². The quantitative estimate of drug-likeness (QED) is 0.774. The molecule has 0 spiro atoms. The molecule has 9 heteroatoms. The average molecular weight is 411 g/mol. The number of nitrogens with zero attached hydrogens (tertiary/aromatic N) is 1. The summed E-state index contributed by atoms with van der Waals surface area (Å²) in [5, 5.41) is 2.02. The maximum absolute atomic E-state index is 12.5. The molecular formula is C14H16Cl2N2O2S3. The zero-order valence-corrected chi connectivity index (χ0v) is 16.1. The monoisotopic (exact) mass is 410 g/mol. The zero-order valence-electron chi connectivity index (χ0n) is 12.2. The van der Waals surface area contributed by atoms with E-state index in [1.165, 1.54) is 10.9 Å². The van der Waals surface area contributed by atoms with Crippen molar-refractivity contribution in [1.82, 2.24) is 9.62 Å². The lowest BCUT2D eigenvalue weighted by Gasteiger charge is -2.26. The molecule has 1 fully saturated rings. The Morgan fingerprint density at radius 2 is 2.04 bits per heavy atom. The van der Waals surface area contributed by atoms with Gasteiger partial charge in [0.2, 0.25) is 10.0 Å². The summed E-state index contributed by atoms with van der Waals surface area (Å²) >= 11 is 14.5. The Labute approximate surface area is 154 Å². The molecule has 0 aromatic carbocycles. The van der Waals surface area contributed by atoms with Crippen LogP contribution in [0.15, 0.2) is 28.5 Å². The van der Waals surface area contributed by atoms with Crippen molar-refractivity contribution < 1.29 is 8.42 Å². The van der Waals surface area contributed by atoms with E-state index in [4.69, 9.17) is 23.2 Å². The van der Waals surface area contributed by atoms with E-state index in [1.807, 2.05) is 11.4 Å². The average Bonchev–Trinajstić information content (AvgIpc) is 3.21. The molecule has 3 heterocycles. The third kappa shape index (κ3) is 4.10. The minimum atomic E-state index is -3.66. The van der Waals surface area contributed by atoms with Crippen LogP contribution in [0.1, 0.15) is 23.8 Å². The van der Waals surface area contributed by atoms with Crippen molar-refractivity contribution in [2.24, 2.45) is 0 Å². The van der Waals surface area contributed by atoms with Crippen molar-refractivity contribution in [2.75, 3.05) is 19.6 Å². The largest absolute Gasteiger partial charge is 0.294 e. The zero-order chi connectivity index (χ0) is 16.4. The second-order valence-corrected chi connectivity index (χ2v) is 10.3. The Hall–Kier alpha value is -0.150. The summed E-state index contributed by atoms with van der Waals surface area (Å²) in [5.74, 6) is 0. The lowest BCUT2D eigenvalue weighted by Crippen LogP contribution is -2.36. The van der Waals surface area contributed by atoms with Crippen LogP contribution in [0.3, 0.4) is 0 Å². The lowest BCUT2D eigenvalue weighted by atomic mass is 10.2. The van der Waals surface area contributed by atoms with Crippen LogP contribution in [0.2, 0.25) is 8.67 Å². The van der Waals surface area contributed by atoms with Crippen molar-refractivity contribution in [2.45, 2.75) is 23.8 Å². The SMILES string of the molecule is O=S(=O)(NCC(c1cccs1)N1CCCC1)c1cc(Cl)sc1Cl. The fourth-order valence-corrected chi connectivity index (χ4v) is 6.77. The number of rotatable bonds is 6. The Bertz CT molecular complexity index is 753. The number of hydrogen-bond acceptors (Lipinski definition) is 5. The first-order valence-corrected chi connectivity index (χ1v) is 11.1. The summed E-state index contributed by atoms with van der Waals surface area (Å²) in [6.45, 7) is 2.32. The molecule has 1 atom stereocenters. The molecule has 4 nitrogen and oxygen atoms in total. The Morgan fingerprint density at radius 1 is 1.30 bits per heavy atom. The lowest BCUT2D eigenvalue weighted by molar-refractivity contribution is 0.250. The van der Waals surface area contributed by atoms with Crippen LogP contribution in [0.4, 0.5) is 0 Å². The van der Waals surface area contributed by atoms with Crippen LogP contribution in [0.25, 0.3) is 0 Å². The molecule has 2 aromatic rings. The van der Waals surface area contributed by atoms with Crippen molar-refractivity contribution in [3.63, 3.8) is 0 Å². The molecule has 1 aliphatic rings. The molecule has 126 valence electrons. The summed E-state index contributed by atoms with van der Waals surface area (Å²) in [7, 11) is -3.66. The van der Waals surface area contributed by atoms with Crippen LogP contribution in [0.5, 0.6) is 0 Å². The first-order chi connectivity index (χ1) is 11.0. The highest BCUT2D eigenvalue weighted by Crippen LogP contribution is 2.34. The maximum atomic E-state index is 12.5. The number of hydrogen-bond donors (Lipinski definition) is 1. The van der Waals surface area contributed by atoms with Gasteiger partial charge in [-0.15, -0.1) is 22.7 Å². The Morgan fingerprint density at radius 3 is 2.61 bits per heavy atom. The van der Waals surface area contributed by atoms with Crippen LogP contribution in [0, 0.1) is 0 Å². The van der Waals surface area contributed by atoms with E-state index >= 15 is 0 Å². The van der Waals surface area contributed by atoms with Gasteiger partial charge in [0.1, 0.15) is 9.23 Å². The van der Waals surface area contributed by atoms with Gasteiger partial charge in [0.25, 0.3) is 0 Å². The van der Waals surface area contributed by atoms with Crippen molar-refractivity contribution in [1.29, 1.82) is 0 Å². The first-order valence-electron chi connectivity index (χ1n) is 7.19. The fraction of sp³-hybridized carbons (Fsp3) is 0.429. The third-order valence-corrected chi connectivity index (χ3v) is 7.98. The van der Waals surface area contributed by atoms with Gasteiger partial charge in [0.15, 0.2) is 0 Å². The van der Waals surface area contributed by atoms with Crippen LogP contribution >= 0.6 is 45.9 Å². The van der Waals surface area contributed by atoms with Gasteiger partial charge in [0, 0.05) is 11.4 Å². The second-order valence-electron chi connectivity index (χ2n) is 5.31. The molecule has 1 saturated heterocycles. The maximum Gasteiger partial charge on any atom is 0.243 e. The van der Waals surface area contributed by atoms with E-state index in [0.717, 1.165) is 37.3 Å². The molecule has 0 radical (unpaired) electrons. The van der Waals surface area contributed by atoms with Crippen LogP contribution < -0.4 is 4.72 Å². The summed E-state index contributed by atoms with van der Waals surface area (Å²) in [4.78, 5) is 3.56. The van der Waals surface area contributed by atoms with E-state index in [1.54, 1.807) is 11.3 Å². The molecule has 0 bridgehead atoms. The molecule has 1 unspecified atom stereocenters. The number of halogens is 2. The second kappa shape index (κ2) is 7.39. The molecule has 23 heavy (non-hydrogen) atoms. The van der Waals surface area contributed by atoms with Crippen LogP contribution in [-0.2, 0) is 10.0 Å². The molecular weight excluding hydrogens is 395 g/mol. The van der Waals surface area contributed by atoms with Gasteiger partial charge in [-0.05, 0) is 43.4 Å². The fourth-order valence-electron chi connectivity index (χ4n) is 2.72. The summed E-state index contributed by atoms with van der Waals surface area (Å²) in [6, 6.07) is 5.50. The van der Waals surface area contributed by atoms with E-state index in [-0.39, 0.29) is 15.3 Å². The Kier molecular flexibility index (Phi) is 5.68. The van der Waals surface area contributed by atoms with Gasteiger partial charge in [-0.3, -0.25) is 4.90 Å². The first kappa shape index (κ1) is 17.7. The number of sulfonamides is 1. The predicted molar refractivity (Wildman–Crippen MR) is 97.4 cm³/mol. The highest BCUT2D eigenvalue weighted by Gasteiger charge is 2.27. The minimum absolute atomic E-state index is 0.0557. The molecule has 1 N–H and O–H groups in total. The van der Waals surface area contributed by atoms with Gasteiger partial charge in [-0.25, -0.2) is 13.1 Å². The normalized spacial score (nSPS) is 17.7. The van der Waals surface area contributed by atoms with Gasteiger partial charge < -0.3 is 0 Å². The van der Waals surface area contributed by atoms with Crippen LogP contribution in [-0.4, -0.2) is 33.0 Å². The molecule has 1 aliphatic heterocycles. The molecule has 0 amide bonds. The van der Waals surface area contributed by atoms with Crippen molar-refractivity contribution in [3.05, 3.63) is 37.1 Å². The smallest absolute Gasteiger partial charge is 0.243 e. The van der Waals surface area contributed by atoms with Crippen molar-refractivity contribution >= 4 is 55.9 Å². The highest BCUT2D eigenvalue weighted by atomic mass is 35.5. The molecule has 0 aliphatic carbocycles. The third-order valence-electron chi connectivity index (χ3n) is 3.83. The summed E-state index contributed by atoms with van der Waals surface area (Å²) < 4.78 is 28.2. The predicted octanol–water partition coefficient (Wildman–Crippen LogP) is 4.23.